The molecular weight excluding hydrogens is 697 g/mol. The Bertz CT molecular complexity index is 3290. The van der Waals surface area contributed by atoms with Crippen LogP contribution in [0.25, 0.3) is 80.7 Å². The molecule has 8 aromatic carbocycles. The largest absolute Gasteiger partial charge is 0.313 e. The molecule has 2 nitrogen and oxygen atoms in total. The monoisotopic (exact) mass is 732 g/mol. The highest BCUT2D eigenvalue weighted by Crippen LogP contribution is 2.55. The highest BCUT2D eigenvalue weighted by molar-refractivity contribution is 7.25. The average molecular weight is 733 g/mol. The first-order chi connectivity index (χ1) is 27.7. The predicted molar refractivity (Wildman–Crippen MR) is 240 cm³/mol. The van der Waals surface area contributed by atoms with Crippen molar-refractivity contribution in [3.05, 3.63) is 199 Å². The van der Waals surface area contributed by atoms with Crippen LogP contribution in [0.4, 0.5) is 11.4 Å². The van der Waals surface area contributed by atoms with Crippen LogP contribution in [0.15, 0.2) is 194 Å². The van der Waals surface area contributed by atoms with Gasteiger partial charge in [0.25, 0.3) is 0 Å². The Morgan fingerprint density at radius 3 is 2.16 bits per heavy atom. The Hall–Kier alpha value is -6.68. The summed E-state index contributed by atoms with van der Waals surface area (Å²) in [6.45, 7) is 2.37. The van der Waals surface area contributed by atoms with Gasteiger partial charge in [0.1, 0.15) is 0 Å². The van der Waals surface area contributed by atoms with E-state index in [4.69, 9.17) is 0 Å². The number of hydrogen-bond donors (Lipinski definition) is 0. The number of hydrogen-bond acceptors (Lipinski definition) is 2. The van der Waals surface area contributed by atoms with Crippen LogP contribution in [0.2, 0.25) is 0 Å². The minimum Gasteiger partial charge on any atom is -0.313 e. The Balaban J connectivity index is 1.04. The zero-order valence-electron chi connectivity index (χ0n) is 30.9. The molecule has 0 radical (unpaired) electrons. The van der Waals surface area contributed by atoms with Crippen molar-refractivity contribution >= 4 is 75.5 Å². The number of para-hydroxylation sites is 2. The molecule has 2 aliphatic rings. The molecule has 3 heteroatoms. The molecule has 0 saturated carbocycles. The molecule has 2 unspecified atom stereocenters. The van der Waals surface area contributed by atoms with Crippen molar-refractivity contribution < 1.29 is 0 Å². The summed E-state index contributed by atoms with van der Waals surface area (Å²) < 4.78 is 5.05. The number of anilines is 2. The predicted octanol–water partition coefficient (Wildman–Crippen LogP) is 15.0. The van der Waals surface area contributed by atoms with Crippen LogP contribution in [0.3, 0.4) is 0 Å². The maximum atomic E-state index is 2.57. The summed E-state index contributed by atoms with van der Waals surface area (Å²) in [5, 5.41) is 7.73. The van der Waals surface area contributed by atoms with E-state index in [0.717, 1.165) is 0 Å². The molecule has 0 spiro atoms. The summed E-state index contributed by atoms with van der Waals surface area (Å²) in [7, 11) is 0. The van der Waals surface area contributed by atoms with Gasteiger partial charge in [-0.25, -0.2) is 0 Å². The molecule has 2 aromatic heterocycles. The second-order valence-electron chi connectivity index (χ2n) is 15.3. The van der Waals surface area contributed by atoms with E-state index in [2.05, 4.69) is 204 Å². The summed E-state index contributed by atoms with van der Waals surface area (Å²) in [6, 6.07) is 63.1. The third-order valence-corrected chi connectivity index (χ3v) is 13.3. The highest BCUT2D eigenvalue weighted by Gasteiger charge is 2.39. The van der Waals surface area contributed by atoms with E-state index in [-0.39, 0.29) is 5.92 Å². The Kier molecular flexibility index (Phi) is 6.87. The summed E-state index contributed by atoms with van der Waals surface area (Å²) in [6.07, 6.45) is 6.98. The number of benzene rings is 8. The van der Waals surface area contributed by atoms with Gasteiger partial charge in [-0.2, -0.15) is 0 Å². The third kappa shape index (κ3) is 4.62. The van der Waals surface area contributed by atoms with Crippen molar-refractivity contribution in [2.45, 2.75) is 12.8 Å². The summed E-state index contributed by atoms with van der Waals surface area (Å²) in [5.41, 5.74) is 13.9. The van der Waals surface area contributed by atoms with Gasteiger partial charge in [-0.05, 0) is 112 Å². The lowest BCUT2D eigenvalue weighted by Gasteiger charge is -2.28. The Morgan fingerprint density at radius 1 is 0.518 bits per heavy atom. The van der Waals surface area contributed by atoms with Crippen molar-refractivity contribution in [2.24, 2.45) is 5.92 Å². The second-order valence-corrected chi connectivity index (χ2v) is 16.4. The van der Waals surface area contributed by atoms with Gasteiger partial charge in [-0.3, -0.25) is 0 Å². The number of allylic oxidation sites excluding steroid dienone is 4. The minimum absolute atomic E-state index is 0.255. The average Bonchev–Trinajstić information content (AvgIpc) is 3.91. The molecule has 3 heterocycles. The van der Waals surface area contributed by atoms with Crippen molar-refractivity contribution in [3.8, 4) is 27.9 Å². The van der Waals surface area contributed by atoms with Gasteiger partial charge >= 0.3 is 0 Å². The molecule has 10 aromatic rings. The van der Waals surface area contributed by atoms with Crippen LogP contribution in [0, 0.1) is 5.92 Å². The molecule has 1 aliphatic heterocycles. The quantitative estimate of drug-likeness (QED) is 0.175. The van der Waals surface area contributed by atoms with Gasteiger partial charge < -0.3 is 9.47 Å². The third-order valence-electron chi connectivity index (χ3n) is 12.2. The van der Waals surface area contributed by atoms with E-state index >= 15 is 0 Å². The van der Waals surface area contributed by atoms with Gasteiger partial charge in [-0.15, -0.1) is 11.3 Å². The van der Waals surface area contributed by atoms with Crippen molar-refractivity contribution in [1.82, 2.24) is 4.57 Å². The molecular formula is C53H36N2S. The minimum atomic E-state index is 0.255. The molecule has 2 atom stereocenters. The summed E-state index contributed by atoms with van der Waals surface area (Å²) in [4.78, 5) is 2.57. The summed E-state index contributed by atoms with van der Waals surface area (Å²) >= 11 is 1.88. The lowest BCUT2D eigenvalue weighted by atomic mass is 9.83. The number of rotatable bonds is 4. The fourth-order valence-corrected chi connectivity index (χ4v) is 10.9. The van der Waals surface area contributed by atoms with Crippen LogP contribution in [-0.2, 0) is 0 Å². The normalized spacial score (nSPS) is 16.3. The first-order valence-corrected chi connectivity index (χ1v) is 20.4. The molecule has 0 amide bonds. The zero-order chi connectivity index (χ0) is 36.9. The topological polar surface area (TPSA) is 8.17 Å². The number of nitrogens with zero attached hydrogens (tertiary/aromatic N) is 2. The highest BCUT2D eigenvalue weighted by atomic mass is 32.1. The van der Waals surface area contributed by atoms with E-state index < -0.39 is 0 Å². The van der Waals surface area contributed by atoms with Crippen molar-refractivity contribution in [3.63, 3.8) is 0 Å². The molecule has 1 aliphatic carbocycles. The molecule has 0 fully saturated rings. The maximum absolute atomic E-state index is 2.57. The van der Waals surface area contributed by atoms with Gasteiger partial charge in [0.05, 0.1) is 16.7 Å². The number of thiophene rings is 1. The van der Waals surface area contributed by atoms with Crippen LogP contribution < -0.4 is 4.90 Å². The zero-order valence-corrected chi connectivity index (χ0v) is 31.7. The van der Waals surface area contributed by atoms with Crippen molar-refractivity contribution in [1.29, 1.82) is 0 Å². The van der Waals surface area contributed by atoms with Gasteiger partial charge in [-0.1, -0.05) is 122 Å². The molecule has 264 valence electrons. The van der Waals surface area contributed by atoms with E-state index in [9.17, 15) is 0 Å². The van der Waals surface area contributed by atoms with Gasteiger partial charge in [0.15, 0.2) is 0 Å². The molecule has 0 saturated heterocycles. The standard InChI is InChI=1S/C53H36N2S/c1-33-13-11-22-48-52(33)44-31-35(34-25-27-46-43(30-34)41-18-7-9-21-45(41)54(46)38-15-3-2-4-16-38)26-28-47(44)55(48)49-32-37(29-36-14-5-6-17-39(36)49)40-20-12-24-51-53(40)42-19-8-10-23-50(42)56-51/h2-33,52H,1H3. The van der Waals surface area contributed by atoms with E-state index in [0.29, 0.717) is 5.92 Å². The Morgan fingerprint density at radius 2 is 1.25 bits per heavy atom. The van der Waals surface area contributed by atoms with Crippen LogP contribution in [0.1, 0.15) is 18.4 Å². The van der Waals surface area contributed by atoms with E-state index in [1.54, 1.807) is 0 Å². The smallest absolute Gasteiger partial charge is 0.0543 e. The SMILES string of the molecule is CC1C=CC=C2C1c1cc(-c3ccc4c(c3)c3ccccc3n4-c3ccccc3)ccc1N2c1cc(-c2cccc3sc4ccccc4c23)cc2ccccc12. The van der Waals surface area contributed by atoms with Crippen LogP contribution in [-0.4, -0.2) is 4.57 Å². The fourth-order valence-electron chi connectivity index (χ4n) is 9.72. The fraction of sp³-hybridized carbons (Fsp3) is 0.0566. The summed E-state index contributed by atoms with van der Waals surface area (Å²) in [5.74, 6) is 0.617. The number of aromatic nitrogens is 1. The van der Waals surface area contributed by atoms with Gasteiger partial charge in [0, 0.05) is 59.3 Å². The lowest BCUT2D eigenvalue weighted by molar-refractivity contribution is 0.619. The first-order valence-electron chi connectivity index (χ1n) is 19.5. The molecule has 56 heavy (non-hydrogen) atoms. The second kappa shape index (κ2) is 12.2. The molecule has 12 rings (SSSR count). The van der Waals surface area contributed by atoms with Gasteiger partial charge in [0.2, 0.25) is 0 Å². The lowest BCUT2D eigenvalue weighted by Crippen LogP contribution is -2.18. The van der Waals surface area contributed by atoms with Crippen molar-refractivity contribution in [2.75, 3.05) is 4.90 Å². The van der Waals surface area contributed by atoms with Crippen LogP contribution in [0.5, 0.6) is 0 Å². The first kappa shape index (κ1) is 31.6. The van der Waals surface area contributed by atoms with E-state index in [1.807, 2.05) is 11.3 Å². The molecule has 0 bridgehead atoms. The maximum Gasteiger partial charge on any atom is 0.0543 e. The number of fused-ring (bicyclic) bond motifs is 10. The van der Waals surface area contributed by atoms with Crippen LogP contribution >= 0.6 is 11.3 Å². The molecule has 0 N–H and O–H groups in total. The van der Waals surface area contributed by atoms with E-state index in [1.165, 1.54) is 103 Å². The Labute approximate surface area is 329 Å².